The zero-order chi connectivity index (χ0) is 9.68. The van der Waals surface area contributed by atoms with Crippen LogP contribution in [0.4, 0.5) is 5.69 Å². The summed E-state index contributed by atoms with van der Waals surface area (Å²) in [6, 6.07) is 8.20. The second-order valence-electron chi connectivity index (χ2n) is 2.71. The summed E-state index contributed by atoms with van der Waals surface area (Å²) in [6.45, 7) is 4.16. The summed E-state index contributed by atoms with van der Waals surface area (Å²) in [5, 5.41) is 3.18. The minimum absolute atomic E-state index is 0.841. The third-order valence-corrected chi connectivity index (χ3v) is 2.65. The smallest absolute Gasteiger partial charge is 0.138 e. The van der Waals surface area contributed by atoms with Crippen molar-refractivity contribution in [3.05, 3.63) is 29.8 Å². The van der Waals surface area contributed by atoms with Crippen LogP contribution in [0.1, 0.15) is 12.5 Å². The Bertz CT molecular complexity index is 297. The molecule has 0 spiro atoms. The molecule has 0 radical (unpaired) electrons. The highest BCUT2D eigenvalue weighted by atomic mass is 32.2. The SMILES string of the molecule is CCSC(=S)Nc1cccc(C)c1. The molecule has 70 valence electrons. The number of rotatable bonds is 2. The van der Waals surface area contributed by atoms with Crippen molar-refractivity contribution in [2.24, 2.45) is 0 Å². The number of benzene rings is 1. The summed E-state index contributed by atoms with van der Waals surface area (Å²) in [5.74, 6) is 1.01. The van der Waals surface area contributed by atoms with E-state index in [1.54, 1.807) is 11.8 Å². The number of anilines is 1. The number of hydrogen-bond acceptors (Lipinski definition) is 2. The Morgan fingerprint density at radius 2 is 2.31 bits per heavy atom. The Morgan fingerprint density at radius 3 is 2.92 bits per heavy atom. The first-order valence-corrected chi connectivity index (χ1v) is 5.62. The quantitative estimate of drug-likeness (QED) is 0.753. The molecule has 1 aromatic rings. The first kappa shape index (κ1) is 10.5. The van der Waals surface area contributed by atoms with Crippen LogP contribution in [-0.2, 0) is 0 Å². The lowest BCUT2D eigenvalue weighted by Crippen LogP contribution is -2.04. The van der Waals surface area contributed by atoms with Crippen molar-refractivity contribution < 1.29 is 0 Å². The van der Waals surface area contributed by atoms with Gasteiger partial charge in [0.1, 0.15) is 4.32 Å². The first-order valence-electron chi connectivity index (χ1n) is 4.23. The fourth-order valence-corrected chi connectivity index (χ4v) is 1.93. The Morgan fingerprint density at radius 1 is 1.54 bits per heavy atom. The lowest BCUT2D eigenvalue weighted by molar-refractivity contribution is 1.47. The van der Waals surface area contributed by atoms with Crippen molar-refractivity contribution in [1.82, 2.24) is 0 Å². The fraction of sp³-hybridized carbons (Fsp3) is 0.300. The van der Waals surface area contributed by atoms with Crippen molar-refractivity contribution in [3.8, 4) is 0 Å². The summed E-state index contributed by atoms with van der Waals surface area (Å²) in [4.78, 5) is 0. The maximum absolute atomic E-state index is 5.13. The lowest BCUT2D eigenvalue weighted by atomic mass is 10.2. The summed E-state index contributed by atoms with van der Waals surface area (Å²) < 4.78 is 0.841. The Labute approximate surface area is 88.9 Å². The number of thiocarbonyl (C=S) groups is 1. The molecule has 1 N–H and O–H groups in total. The summed E-state index contributed by atoms with van der Waals surface area (Å²) >= 11 is 6.78. The van der Waals surface area contributed by atoms with E-state index in [1.807, 2.05) is 12.1 Å². The van der Waals surface area contributed by atoms with Crippen molar-refractivity contribution >= 4 is 34.0 Å². The number of aryl methyl sites for hydroxylation is 1. The van der Waals surface area contributed by atoms with Crippen LogP contribution in [0.15, 0.2) is 24.3 Å². The molecule has 0 aliphatic heterocycles. The molecule has 0 fully saturated rings. The molecule has 13 heavy (non-hydrogen) atoms. The molecule has 3 heteroatoms. The van der Waals surface area contributed by atoms with Crippen LogP contribution in [0.2, 0.25) is 0 Å². The summed E-state index contributed by atoms with van der Waals surface area (Å²) in [5.41, 5.74) is 2.32. The fourth-order valence-electron chi connectivity index (χ4n) is 1.01. The van der Waals surface area contributed by atoms with Crippen LogP contribution in [0.5, 0.6) is 0 Å². The van der Waals surface area contributed by atoms with Crippen LogP contribution < -0.4 is 5.32 Å². The minimum atomic E-state index is 0.841. The van der Waals surface area contributed by atoms with E-state index < -0.39 is 0 Å². The maximum atomic E-state index is 5.13. The van der Waals surface area contributed by atoms with Gasteiger partial charge >= 0.3 is 0 Å². The van der Waals surface area contributed by atoms with Crippen LogP contribution in [-0.4, -0.2) is 10.1 Å². The van der Waals surface area contributed by atoms with Gasteiger partial charge in [-0.15, -0.1) is 0 Å². The van der Waals surface area contributed by atoms with Crippen LogP contribution in [0, 0.1) is 6.92 Å². The van der Waals surface area contributed by atoms with Gasteiger partial charge in [-0.2, -0.15) is 0 Å². The van der Waals surface area contributed by atoms with Crippen molar-refractivity contribution in [2.45, 2.75) is 13.8 Å². The van der Waals surface area contributed by atoms with Gasteiger partial charge in [-0.05, 0) is 30.4 Å². The van der Waals surface area contributed by atoms with Crippen LogP contribution in [0.3, 0.4) is 0 Å². The van der Waals surface area contributed by atoms with Gasteiger partial charge in [0, 0.05) is 5.69 Å². The van der Waals surface area contributed by atoms with E-state index >= 15 is 0 Å². The monoisotopic (exact) mass is 211 g/mol. The van der Waals surface area contributed by atoms with Gasteiger partial charge in [-0.25, -0.2) is 0 Å². The van der Waals surface area contributed by atoms with E-state index in [4.69, 9.17) is 12.2 Å². The molecule has 0 unspecified atom stereocenters. The van der Waals surface area contributed by atoms with Gasteiger partial charge < -0.3 is 5.32 Å². The molecular weight excluding hydrogens is 198 g/mol. The van der Waals surface area contributed by atoms with Gasteiger partial charge in [0.15, 0.2) is 0 Å². The molecule has 0 saturated carbocycles. The molecule has 1 rings (SSSR count). The highest BCUT2D eigenvalue weighted by Gasteiger charge is 1.96. The van der Waals surface area contributed by atoms with Crippen LogP contribution >= 0.6 is 24.0 Å². The molecule has 0 amide bonds. The maximum Gasteiger partial charge on any atom is 0.138 e. The standard InChI is InChI=1S/C10H13NS2/c1-3-13-10(12)11-9-6-4-5-8(2)7-9/h4-7H,3H2,1-2H3,(H,11,12). The average Bonchev–Trinajstić information content (AvgIpc) is 2.04. The van der Waals surface area contributed by atoms with Gasteiger partial charge in [0.25, 0.3) is 0 Å². The predicted molar refractivity (Wildman–Crippen MR) is 65.5 cm³/mol. The molecule has 0 aliphatic rings. The van der Waals surface area contributed by atoms with Gasteiger partial charge in [0.2, 0.25) is 0 Å². The lowest BCUT2D eigenvalue weighted by Gasteiger charge is -2.06. The Hall–Kier alpha value is -0.540. The van der Waals surface area contributed by atoms with Crippen molar-refractivity contribution in [3.63, 3.8) is 0 Å². The topological polar surface area (TPSA) is 12.0 Å². The highest BCUT2D eigenvalue weighted by Crippen LogP contribution is 2.13. The van der Waals surface area contributed by atoms with Gasteiger partial charge in [-0.1, -0.05) is 43.0 Å². The Balaban J connectivity index is 2.58. The third kappa shape index (κ3) is 3.79. The van der Waals surface area contributed by atoms with Crippen molar-refractivity contribution in [1.29, 1.82) is 0 Å². The molecule has 0 aromatic heterocycles. The van der Waals surface area contributed by atoms with Gasteiger partial charge in [0.05, 0.1) is 0 Å². The normalized spacial score (nSPS) is 9.69. The molecule has 0 atom stereocenters. The number of hydrogen-bond donors (Lipinski definition) is 1. The van der Waals surface area contributed by atoms with Crippen LogP contribution in [0.25, 0.3) is 0 Å². The van der Waals surface area contributed by atoms with Crippen molar-refractivity contribution in [2.75, 3.05) is 11.1 Å². The first-order chi connectivity index (χ1) is 6.22. The van der Waals surface area contributed by atoms with E-state index in [9.17, 15) is 0 Å². The minimum Gasteiger partial charge on any atom is -0.341 e. The van der Waals surface area contributed by atoms with E-state index in [0.717, 1.165) is 15.8 Å². The highest BCUT2D eigenvalue weighted by molar-refractivity contribution is 8.23. The molecule has 1 aromatic carbocycles. The summed E-state index contributed by atoms with van der Waals surface area (Å²) in [6.07, 6.45) is 0. The molecule has 0 saturated heterocycles. The Kier molecular flexibility index (Phi) is 4.25. The molecule has 0 bridgehead atoms. The number of nitrogens with one attached hydrogen (secondary N) is 1. The van der Waals surface area contributed by atoms with E-state index in [1.165, 1.54) is 5.56 Å². The van der Waals surface area contributed by atoms with E-state index in [-0.39, 0.29) is 0 Å². The molecule has 1 nitrogen and oxygen atoms in total. The molecule has 0 heterocycles. The zero-order valence-corrected chi connectivity index (χ0v) is 9.47. The molecular formula is C10H13NS2. The second-order valence-corrected chi connectivity index (χ2v) is 4.66. The summed E-state index contributed by atoms with van der Waals surface area (Å²) in [7, 11) is 0. The zero-order valence-electron chi connectivity index (χ0n) is 7.83. The second kappa shape index (κ2) is 5.25. The van der Waals surface area contributed by atoms with E-state index in [0.29, 0.717) is 0 Å². The van der Waals surface area contributed by atoms with E-state index in [2.05, 4.69) is 31.3 Å². The number of thioether (sulfide) groups is 1. The largest absolute Gasteiger partial charge is 0.341 e. The van der Waals surface area contributed by atoms with Gasteiger partial charge in [-0.3, -0.25) is 0 Å². The average molecular weight is 211 g/mol. The molecule has 0 aliphatic carbocycles. The third-order valence-electron chi connectivity index (χ3n) is 1.54. The predicted octanol–water partition coefficient (Wildman–Crippen LogP) is 3.44.